The van der Waals surface area contributed by atoms with Crippen LogP contribution in [-0.4, -0.2) is 33.6 Å². The normalized spacial score (nSPS) is 33.1. The van der Waals surface area contributed by atoms with Crippen molar-refractivity contribution in [1.29, 1.82) is 5.26 Å². The number of carbonyl (C=O) groups is 1. The van der Waals surface area contributed by atoms with E-state index in [1.165, 1.54) is 0 Å². The maximum Gasteiger partial charge on any atom is 0.151 e. The number of piperidine rings is 1. The van der Waals surface area contributed by atoms with Gasteiger partial charge in [0.1, 0.15) is 5.82 Å². The third kappa shape index (κ3) is 5.41. The van der Waals surface area contributed by atoms with Gasteiger partial charge in [-0.15, -0.1) is 0 Å². The van der Waals surface area contributed by atoms with Crippen LogP contribution in [0.3, 0.4) is 0 Å². The minimum Gasteiger partial charge on any atom is -0.304 e. The topological polar surface area (TPSA) is 70.0 Å². The standard InChI is InChI=1S/C27H37FN2O2S/c1-16(2)23-13-18(7-9-26(23)33(3)32)19-4-5-20(24(28)14-19)10-17(15-29)11-25(31)27-21-6-8-22(12-21)30-27/h4-5,14,16-18,21-23,26-27,30H,6-13H2,1-3H3/t17-,18?,21+,22-,23?,26?,27+,33?/m1/s1. The van der Waals surface area contributed by atoms with Gasteiger partial charge in [0.15, 0.2) is 5.78 Å². The average Bonchev–Trinajstić information content (AvgIpc) is 3.43. The maximum absolute atomic E-state index is 15.1. The zero-order valence-corrected chi connectivity index (χ0v) is 20.9. The van der Waals surface area contributed by atoms with Crippen molar-refractivity contribution < 1.29 is 13.4 Å². The second-order valence-corrected chi connectivity index (χ2v) is 12.5. The summed E-state index contributed by atoms with van der Waals surface area (Å²) in [4.78, 5) is 12.8. The highest BCUT2D eigenvalue weighted by Gasteiger charge is 2.42. The lowest BCUT2D eigenvalue weighted by atomic mass is 9.73. The summed E-state index contributed by atoms with van der Waals surface area (Å²) in [5.41, 5.74) is 1.51. The fourth-order valence-corrected chi connectivity index (χ4v) is 7.98. The van der Waals surface area contributed by atoms with Crippen LogP contribution in [0, 0.1) is 40.8 Å². The lowest BCUT2D eigenvalue weighted by molar-refractivity contribution is -0.122. The van der Waals surface area contributed by atoms with Crippen molar-refractivity contribution >= 4 is 16.6 Å². The molecule has 180 valence electrons. The molecule has 33 heavy (non-hydrogen) atoms. The molecule has 1 aliphatic heterocycles. The number of nitrogens with zero attached hydrogens (tertiary/aromatic N) is 1. The Bertz CT molecular complexity index is 943. The quantitative estimate of drug-likeness (QED) is 0.585. The number of Topliss-reactive ketones (excluding diaryl/α,β-unsaturated/α-hetero) is 1. The summed E-state index contributed by atoms with van der Waals surface area (Å²) in [6, 6.07) is 8.02. The van der Waals surface area contributed by atoms with Crippen molar-refractivity contribution in [3.8, 4) is 6.07 Å². The van der Waals surface area contributed by atoms with Crippen molar-refractivity contribution in [2.45, 2.75) is 88.5 Å². The van der Waals surface area contributed by atoms with Gasteiger partial charge in [0.05, 0.1) is 18.0 Å². The fraction of sp³-hybridized carbons (Fsp3) is 0.704. The Balaban J connectivity index is 1.39. The first-order valence-electron chi connectivity index (χ1n) is 12.6. The number of nitriles is 1. The number of ketones is 1. The van der Waals surface area contributed by atoms with Gasteiger partial charge in [-0.05, 0) is 85.8 Å². The highest BCUT2D eigenvalue weighted by Crippen LogP contribution is 2.42. The molecule has 6 heteroatoms. The van der Waals surface area contributed by atoms with E-state index in [-0.39, 0.29) is 41.7 Å². The zero-order chi connectivity index (χ0) is 23.7. The number of nitrogens with one attached hydrogen (secondary N) is 1. The summed E-state index contributed by atoms with van der Waals surface area (Å²) >= 11 is 0. The maximum atomic E-state index is 15.1. The molecule has 1 heterocycles. The molecule has 1 aromatic rings. The molecule has 2 aliphatic carbocycles. The largest absolute Gasteiger partial charge is 0.304 e. The van der Waals surface area contributed by atoms with Crippen LogP contribution in [0.15, 0.2) is 18.2 Å². The summed E-state index contributed by atoms with van der Waals surface area (Å²) in [5.74, 6) is 0.843. The molecule has 1 saturated heterocycles. The average molecular weight is 473 g/mol. The van der Waals surface area contributed by atoms with Crippen LogP contribution in [0.2, 0.25) is 0 Å². The molecule has 4 rings (SSSR count). The number of rotatable bonds is 8. The molecule has 2 saturated carbocycles. The van der Waals surface area contributed by atoms with Crippen LogP contribution < -0.4 is 5.32 Å². The van der Waals surface area contributed by atoms with E-state index in [0.29, 0.717) is 29.4 Å². The molecule has 4 unspecified atom stereocenters. The molecule has 2 bridgehead atoms. The minimum absolute atomic E-state index is 0.107. The lowest BCUT2D eigenvalue weighted by Gasteiger charge is -2.37. The van der Waals surface area contributed by atoms with E-state index in [9.17, 15) is 14.3 Å². The number of hydrogen-bond acceptors (Lipinski definition) is 4. The van der Waals surface area contributed by atoms with Gasteiger partial charge in [-0.1, -0.05) is 26.0 Å². The van der Waals surface area contributed by atoms with E-state index in [4.69, 9.17) is 0 Å². The van der Waals surface area contributed by atoms with Crippen LogP contribution in [-0.2, 0) is 22.0 Å². The monoisotopic (exact) mass is 472 g/mol. The van der Waals surface area contributed by atoms with Crippen molar-refractivity contribution in [2.75, 3.05) is 6.26 Å². The molecule has 0 aromatic heterocycles. The third-order valence-electron chi connectivity index (χ3n) is 8.47. The Labute approximate surface area is 200 Å². The Kier molecular flexibility index (Phi) is 7.70. The van der Waals surface area contributed by atoms with Gasteiger partial charge in [0, 0.05) is 34.8 Å². The molecular formula is C27H37FN2O2S. The van der Waals surface area contributed by atoms with E-state index < -0.39 is 16.7 Å². The summed E-state index contributed by atoms with van der Waals surface area (Å²) in [7, 11) is -0.834. The van der Waals surface area contributed by atoms with E-state index in [1.807, 2.05) is 12.1 Å². The molecule has 1 aromatic carbocycles. The Hall–Kier alpha value is -1.58. The van der Waals surface area contributed by atoms with Crippen LogP contribution in [0.1, 0.15) is 75.8 Å². The second-order valence-electron chi connectivity index (χ2n) is 10.9. The molecule has 4 nitrogen and oxygen atoms in total. The summed E-state index contributed by atoms with van der Waals surface area (Å²) in [5, 5.41) is 13.3. The summed E-state index contributed by atoms with van der Waals surface area (Å²) in [6.07, 6.45) is 8.34. The Morgan fingerprint density at radius 3 is 2.61 bits per heavy atom. The molecule has 0 radical (unpaired) electrons. The van der Waals surface area contributed by atoms with Crippen molar-refractivity contribution in [1.82, 2.24) is 5.32 Å². The number of halogens is 1. The number of fused-ring (bicyclic) bond motifs is 2. The van der Waals surface area contributed by atoms with E-state index in [2.05, 4.69) is 25.2 Å². The predicted molar refractivity (Wildman–Crippen MR) is 130 cm³/mol. The molecule has 0 amide bonds. The van der Waals surface area contributed by atoms with Gasteiger partial charge in [-0.3, -0.25) is 9.00 Å². The van der Waals surface area contributed by atoms with Crippen LogP contribution in [0.4, 0.5) is 4.39 Å². The summed E-state index contributed by atoms with van der Waals surface area (Å²) in [6.45, 7) is 4.37. The van der Waals surface area contributed by atoms with Gasteiger partial charge >= 0.3 is 0 Å². The van der Waals surface area contributed by atoms with Crippen LogP contribution in [0.5, 0.6) is 0 Å². The molecule has 3 fully saturated rings. The minimum atomic E-state index is -0.834. The number of hydrogen-bond donors (Lipinski definition) is 1. The molecular weight excluding hydrogens is 435 g/mol. The zero-order valence-electron chi connectivity index (χ0n) is 20.1. The first-order chi connectivity index (χ1) is 15.8. The Morgan fingerprint density at radius 2 is 2.03 bits per heavy atom. The molecule has 8 atom stereocenters. The van der Waals surface area contributed by atoms with E-state index >= 15 is 4.39 Å². The smallest absolute Gasteiger partial charge is 0.151 e. The van der Waals surface area contributed by atoms with E-state index in [1.54, 1.807) is 12.3 Å². The number of benzene rings is 1. The second kappa shape index (κ2) is 10.4. The van der Waals surface area contributed by atoms with Gasteiger partial charge in [-0.2, -0.15) is 5.26 Å². The number of carbonyl (C=O) groups excluding carboxylic acids is 1. The SMILES string of the molecule is CC(C)C1CC(c2ccc(C[C@@H](C#N)CC(=O)[C@H]3N[C@@H]4CC[C@H]3C4)c(F)c2)CCC1S(C)=O. The highest BCUT2D eigenvalue weighted by molar-refractivity contribution is 7.84. The molecule has 3 aliphatic rings. The first-order valence-corrected chi connectivity index (χ1v) is 14.2. The predicted octanol–water partition coefficient (Wildman–Crippen LogP) is 4.89. The summed E-state index contributed by atoms with van der Waals surface area (Å²) < 4.78 is 27.2. The fourth-order valence-electron chi connectivity index (χ4n) is 6.59. The van der Waals surface area contributed by atoms with Gasteiger partial charge in [0.25, 0.3) is 0 Å². The lowest BCUT2D eigenvalue weighted by Crippen LogP contribution is -2.42. The highest BCUT2D eigenvalue weighted by atomic mass is 32.2. The first kappa shape index (κ1) is 24.5. The van der Waals surface area contributed by atoms with Crippen molar-refractivity contribution in [3.63, 3.8) is 0 Å². The van der Waals surface area contributed by atoms with Gasteiger partial charge in [0.2, 0.25) is 0 Å². The third-order valence-corrected chi connectivity index (χ3v) is 9.91. The van der Waals surface area contributed by atoms with Crippen molar-refractivity contribution in [2.24, 2.45) is 23.7 Å². The van der Waals surface area contributed by atoms with E-state index in [0.717, 1.165) is 44.1 Å². The molecule has 1 N–H and O–H groups in total. The van der Waals surface area contributed by atoms with Gasteiger partial charge < -0.3 is 5.32 Å². The van der Waals surface area contributed by atoms with Crippen LogP contribution in [0.25, 0.3) is 0 Å². The van der Waals surface area contributed by atoms with Gasteiger partial charge in [-0.25, -0.2) is 4.39 Å². The van der Waals surface area contributed by atoms with Crippen molar-refractivity contribution in [3.05, 3.63) is 35.1 Å². The van der Waals surface area contributed by atoms with Crippen LogP contribution >= 0.6 is 0 Å². The Morgan fingerprint density at radius 1 is 1.24 bits per heavy atom. The molecule has 0 spiro atoms.